The molecule has 0 saturated heterocycles. The lowest BCUT2D eigenvalue weighted by Crippen LogP contribution is -2.23. The number of hydrogen-bond donors (Lipinski definition) is 0. The van der Waals surface area contributed by atoms with Crippen LogP contribution in [-0.4, -0.2) is 7.85 Å². The number of hydrogen-bond acceptors (Lipinski definition) is 2. The molecule has 0 amide bonds. The van der Waals surface area contributed by atoms with Crippen LogP contribution in [0.15, 0.2) is 140 Å². The van der Waals surface area contributed by atoms with E-state index in [1.54, 1.807) is 0 Å². The van der Waals surface area contributed by atoms with E-state index >= 15 is 0 Å². The van der Waals surface area contributed by atoms with Gasteiger partial charge in [0.25, 0.3) is 0 Å². The quantitative estimate of drug-likeness (QED) is 0.274. The van der Waals surface area contributed by atoms with Crippen molar-refractivity contribution >= 4 is 47.4 Å². The Morgan fingerprint density at radius 1 is 0.364 bits per heavy atom. The van der Waals surface area contributed by atoms with Gasteiger partial charge in [0, 0.05) is 22.7 Å². The van der Waals surface area contributed by atoms with E-state index in [9.17, 15) is 0 Å². The maximum Gasteiger partial charge on any atom is 0.142 e. The van der Waals surface area contributed by atoms with Crippen LogP contribution in [0.5, 0.6) is 0 Å². The average molecular weight is 424 g/mol. The molecule has 5 aromatic rings. The molecule has 0 fully saturated rings. The van der Waals surface area contributed by atoms with Crippen molar-refractivity contribution in [1.29, 1.82) is 0 Å². The van der Waals surface area contributed by atoms with Gasteiger partial charge in [0.2, 0.25) is 0 Å². The van der Waals surface area contributed by atoms with Crippen molar-refractivity contribution in [1.82, 2.24) is 0 Å². The molecular weight excluding hydrogens is 399 g/mol. The van der Waals surface area contributed by atoms with Crippen molar-refractivity contribution in [2.45, 2.75) is 0 Å². The molecular formula is C30H25BN2. The summed E-state index contributed by atoms with van der Waals surface area (Å²) >= 11 is 0. The number of nitrogens with zero attached hydrogens (tertiary/aromatic N) is 2. The zero-order valence-corrected chi connectivity index (χ0v) is 18.7. The van der Waals surface area contributed by atoms with Crippen molar-refractivity contribution in [2.75, 3.05) is 9.80 Å². The highest BCUT2D eigenvalue weighted by atomic mass is 15.2. The van der Waals surface area contributed by atoms with Gasteiger partial charge in [0.15, 0.2) is 0 Å². The second-order valence-electron chi connectivity index (χ2n) is 7.96. The minimum absolute atomic E-state index is 1.12. The SMILES string of the molecule is Bc1cccc(N(c2ccccc2)c2ccccc2)c1N(c1ccccc1)c1ccccc1. The lowest BCUT2D eigenvalue weighted by Gasteiger charge is -2.34. The third-order valence-corrected chi connectivity index (χ3v) is 5.74. The Balaban J connectivity index is 1.79. The Morgan fingerprint density at radius 3 is 1.12 bits per heavy atom. The zero-order chi connectivity index (χ0) is 22.5. The van der Waals surface area contributed by atoms with E-state index in [1.165, 1.54) is 5.46 Å². The summed E-state index contributed by atoms with van der Waals surface area (Å²) < 4.78 is 0. The van der Waals surface area contributed by atoms with Crippen LogP contribution < -0.4 is 15.3 Å². The molecule has 3 heteroatoms. The van der Waals surface area contributed by atoms with Gasteiger partial charge in [-0.25, -0.2) is 0 Å². The number of para-hydroxylation sites is 5. The summed E-state index contributed by atoms with van der Waals surface area (Å²) in [5.74, 6) is 0. The monoisotopic (exact) mass is 424 g/mol. The van der Waals surface area contributed by atoms with Crippen LogP contribution in [0.25, 0.3) is 0 Å². The Morgan fingerprint density at radius 2 is 0.727 bits per heavy atom. The molecule has 0 bridgehead atoms. The van der Waals surface area contributed by atoms with Gasteiger partial charge in [0.1, 0.15) is 7.85 Å². The van der Waals surface area contributed by atoms with Crippen LogP contribution in [0.2, 0.25) is 0 Å². The molecule has 0 aliphatic rings. The van der Waals surface area contributed by atoms with E-state index in [2.05, 4.69) is 157 Å². The van der Waals surface area contributed by atoms with Crippen molar-refractivity contribution in [2.24, 2.45) is 0 Å². The first-order valence-corrected chi connectivity index (χ1v) is 11.2. The highest BCUT2D eigenvalue weighted by molar-refractivity contribution is 6.37. The van der Waals surface area contributed by atoms with E-state index in [0.29, 0.717) is 0 Å². The normalized spacial score (nSPS) is 10.5. The summed E-state index contributed by atoms with van der Waals surface area (Å²) in [6.45, 7) is 0. The number of rotatable bonds is 6. The molecule has 0 radical (unpaired) electrons. The molecule has 0 unspecified atom stereocenters. The molecule has 5 aromatic carbocycles. The van der Waals surface area contributed by atoms with Crippen molar-refractivity contribution < 1.29 is 0 Å². The van der Waals surface area contributed by atoms with E-state index in [-0.39, 0.29) is 0 Å². The second-order valence-corrected chi connectivity index (χ2v) is 7.96. The van der Waals surface area contributed by atoms with Crippen LogP contribution in [-0.2, 0) is 0 Å². The molecule has 0 spiro atoms. The van der Waals surface area contributed by atoms with Crippen molar-refractivity contribution in [3.8, 4) is 0 Å². The molecule has 0 aliphatic carbocycles. The van der Waals surface area contributed by atoms with E-state index in [0.717, 1.165) is 34.1 Å². The molecule has 0 N–H and O–H groups in total. The second kappa shape index (κ2) is 9.50. The Kier molecular flexibility index (Phi) is 5.94. The third kappa shape index (κ3) is 4.26. The van der Waals surface area contributed by atoms with E-state index in [1.807, 2.05) is 0 Å². The van der Waals surface area contributed by atoms with Gasteiger partial charge in [-0.1, -0.05) is 90.4 Å². The van der Waals surface area contributed by atoms with Crippen LogP contribution in [0.1, 0.15) is 0 Å². The summed E-state index contributed by atoms with van der Waals surface area (Å²) in [7, 11) is 2.19. The third-order valence-electron chi connectivity index (χ3n) is 5.74. The van der Waals surface area contributed by atoms with Gasteiger partial charge in [-0.05, 0) is 54.6 Å². The maximum absolute atomic E-state index is 2.35. The highest BCUT2D eigenvalue weighted by Crippen LogP contribution is 2.44. The minimum Gasteiger partial charge on any atom is -0.309 e. The predicted molar refractivity (Wildman–Crippen MR) is 144 cm³/mol. The lowest BCUT2D eigenvalue weighted by molar-refractivity contribution is 1.23. The van der Waals surface area contributed by atoms with Crippen molar-refractivity contribution in [3.05, 3.63) is 140 Å². The van der Waals surface area contributed by atoms with Gasteiger partial charge >= 0.3 is 0 Å². The fraction of sp³-hybridized carbons (Fsp3) is 0. The molecule has 0 aliphatic heterocycles. The van der Waals surface area contributed by atoms with Crippen LogP contribution in [0.4, 0.5) is 34.1 Å². The molecule has 0 atom stereocenters. The fourth-order valence-corrected chi connectivity index (χ4v) is 4.26. The molecule has 0 heterocycles. The first-order chi connectivity index (χ1) is 16.3. The molecule has 33 heavy (non-hydrogen) atoms. The molecule has 158 valence electrons. The summed E-state index contributed by atoms with van der Waals surface area (Å²) in [6, 6.07) is 48.8. The Bertz CT molecular complexity index is 1230. The average Bonchev–Trinajstić information content (AvgIpc) is 2.89. The molecule has 2 nitrogen and oxygen atoms in total. The first kappa shape index (κ1) is 20.7. The summed E-state index contributed by atoms with van der Waals surface area (Å²) in [4.78, 5) is 4.69. The highest BCUT2D eigenvalue weighted by Gasteiger charge is 2.23. The topological polar surface area (TPSA) is 6.48 Å². The predicted octanol–water partition coefficient (Wildman–Crippen LogP) is 6.88. The van der Waals surface area contributed by atoms with Gasteiger partial charge in [-0.2, -0.15) is 0 Å². The van der Waals surface area contributed by atoms with Gasteiger partial charge < -0.3 is 9.80 Å². The standard InChI is InChI=1S/C30H25BN2/c31-28-22-13-23-29(32(24-14-5-1-6-15-24)25-16-7-2-8-17-25)30(28)33(26-18-9-3-10-19-26)27-20-11-4-12-21-27/h1-23H,31H2. The summed E-state index contributed by atoms with van der Waals surface area (Å²) in [6.07, 6.45) is 0. The minimum atomic E-state index is 1.12. The molecule has 5 rings (SSSR count). The van der Waals surface area contributed by atoms with Gasteiger partial charge in [-0.15, -0.1) is 0 Å². The number of benzene rings is 5. The zero-order valence-electron chi connectivity index (χ0n) is 18.7. The summed E-state index contributed by atoms with van der Waals surface area (Å²) in [5, 5.41) is 0. The lowest BCUT2D eigenvalue weighted by atomic mass is 9.91. The Labute approximate surface area is 196 Å². The first-order valence-electron chi connectivity index (χ1n) is 11.2. The van der Waals surface area contributed by atoms with Crippen LogP contribution >= 0.6 is 0 Å². The van der Waals surface area contributed by atoms with Crippen molar-refractivity contribution in [3.63, 3.8) is 0 Å². The molecule has 0 aromatic heterocycles. The van der Waals surface area contributed by atoms with E-state index < -0.39 is 0 Å². The molecule has 0 saturated carbocycles. The smallest absolute Gasteiger partial charge is 0.142 e. The maximum atomic E-state index is 2.35. The Hall–Kier alpha value is -4.24. The fourth-order valence-electron chi connectivity index (χ4n) is 4.26. The van der Waals surface area contributed by atoms with Crippen LogP contribution in [0, 0.1) is 0 Å². The largest absolute Gasteiger partial charge is 0.309 e. The van der Waals surface area contributed by atoms with Crippen LogP contribution in [0.3, 0.4) is 0 Å². The number of anilines is 6. The van der Waals surface area contributed by atoms with Gasteiger partial charge in [0.05, 0.1) is 11.4 Å². The van der Waals surface area contributed by atoms with E-state index in [4.69, 9.17) is 0 Å². The van der Waals surface area contributed by atoms with Gasteiger partial charge in [-0.3, -0.25) is 0 Å². The summed E-state index contributed by atoms with van der Waals surface area (Å²) in [5.41, 5.74) is 7.98.